The van der Waals surface area contributed by atoms with E-state index >= 15 is 0 Å². The second-order valence-electron chi connectivity index (χ2n) is 2.59. The van der Waals surface area contributed by atoms with E-state index in [0.29, 0.717) is 11.3 Å². The van der Waals surface area contributed by atoms with Crippen molar-refractivity contribution in [1.82, 2.24) is 0 Å². The maximum absolute atomic E-state index is 9.17. The van der Waals surface area contributed by atoms with Crippen LogP contribution in [0.25, 0.3) is 0 Å². The van der Waals surface area contributed by atoms with Gasteiger partial charge in [0, 0.05) is 5.56 Å². The summed E-state index contributed by atoms with van der Waals surface area (Å²) in [6.45, 7) is 3.24. The van der Waals surface area contributed by atoms with Crippen LogP contribution in [-0.4, -0.2) is 10.2 Å². The lowest BCUT2D eigenvalue weighted by molar-refractivity contribution is 0.153. The monoisotopic (exact) mass is 156 g/mol. The SMILES string of the molecule is CC(O)c1ccoc1C(C)O. The molecule has 2 atom stereocenters. The first kappa shape index (κ1) is 8.30. The molecule has 0 aliphatic carbocycles. The highest BCUT2D eigenvalue weighted by atomic mass is 16.4. The molecule has 1 heterocycles. The highest BCUT2D eigenvalue weighted by molar-refractivity contribution is 5.20. The first-order chi connectivity index (χ1) is 5.13. The van der Waals surface area contributed by atoms with Crippen molar-refractivity contribution in [3.8, 4) is 0 Å². The van der Waals surface area contributed by atoms with Gasteiger partial charge in [-0.1, -0.05) is 0 Å². The van der Waals surface area contributed by atoms with E-state index in [1.165, 1.54) is 6.26 Å². The zero-order chi connectivity index (χ0) is 8.43. The van der Waals surface area contributed by atoms with Crippen molar-refractivity contribution in [3.05, 3.63) is 23.7 Å². The molecule has 0 saturated heterocycles. The van der Waals surface area contributed by atoms with Crippen molar-refractivity contribution in [3.63, 3.8) is 0 Å². The highest BCUT2D eigenvalue weighted by Gasteiger charge is 2.14. The van der Waals surface area contributed by atoms with Crippen molar-refractivity contribution < 1.29 is 14.6 Å². The second-order valence-corrected chi connectivity index (χ2v) is 2.59. The van der Waals surface area contributed by atoms with Gasteiger partial charge in [-0.15, -0.1) is 0 Å². The van der Waals surface area contributed by atoms with Crippen molar-refractivity contribution in [2.45, 2.75) is 26.1 Å². The minimum absolute atomic E-state index is 0.444. The maximum Gasteiger partial charge on any atom is 0.137 e. The van der Waals surface area contributed by atoms with Crippen LogP contribution >= 0.6 is 0 Å². The summed E-state index contributed by atoms with van der Waals surface area (Å²) < 4.78 is 4.98. The summed E-state index contributed by atoms with van der Waals surface area (Å²) in [5.74, 6) is 0.444. The molecule has 0 aromatic carbocycles. The molecular formula is C8H12O3. The van der Waals surface area contributed by atoms with Gasteiger partial charge in [0.05, 0.1) is 12.4 Å². The van der Waals surface area contributed by atoms with Crippen LogP contribution in [0.1, 0.15) is 37.4 Å². The largest absolute Gasteiger partial charge is 0.466 e. The van der Waals surface area contributed by atoms with Crippen LogP contribution in [0.5, 0.6) is 0 Å². The van der Waals surface area contributed by atoms with Crippen molar-refractivity contribution in [2.75, 3.05) is 0 Å². The van der Waals surface area contributed by atoms with Crippen molar-refractivity contribution >= 4 is 0 Å². The molecule has 2 unspecified atom stereocenters. The van der Waals surface area contributed by atoms with Gasteiger partial charge in [0.2, 0.25) is 0 Å². The zero-order valence-corrected chi connectivity index (χ0v) is 6.61. The molecule has 0 fully saturated rings. The highest BCUT2D eigenvalue weighted by Crippen LogP contribution is 2.24. The molecule has 0 radical (unpaired) electrons. The van der Waals surface area contributed by atoms with Gasteiger partial charge in [-0.05, 0) is 19.9 Å². The van der Waals surface area contributed by atoms with Crippen molar-refractivity contribution in [2.24, 2.45) is 0 Å². The molecule has 1 rings (SSSR count). The lowest BCUT2D eigenvalue weighted by Gasteiger charge is -2.06. The van der Waals surface area contributed by atoms with Crippen molar-refractivity contribution in [1.29, 1.82) is 0 Å². The van der Waals surface area contributed by atoms with Gasteiger partial charge in [0.25, 0.3) is 0 Å². The molecule has 1 aromatic heterocycles. The number of furan rings is 1. The number of aliphatic hydroxyl groups is 2. The molecule has 0 bridgehead atoms. The number of aliphatic hydroxyl groups excluding tert-OH is 2. The van der Waals surface area contributed by atoms with E-state index in [0.717, 1.165) is 0 Å². The normalized spacial score (nSPS) is 16.4. The molecule has 0 saturated carbocycles. The third kappa shape index (κ3) is 1.61. The van der Waals surface area contributed by atoms with Gasteiger partial charge in [0.1, 0.15) is 11.9 Å². The quantitative estimate of drug-likeness (QED) is 0.680. The molecular weight excluding hydrogens is 144 g/mol. The summed E-state index contributed by atoms with van der Waals surface area (Å²) in [6, 6.07) is 1.66. The van der Waals surface area contributed by atoms with Crippen LogP contribution in [-0.2, 0) is 0 Å². The third-order valence-electron chi connectivity index (χ3n) is 1.56. The molecule has 0 aliphatic rings. The molecule has 0 spiro atoms. The fraction of sp³-hybridized carbons (Fsp3) is 0.500. The van der Waals surface area contributed by atoms with E-state index in [4.69, 9.17) is 9.52 Å². The Morgan fingerprint density at radius 1 is 1.27 bits per heavy atom. The Morgan fingerprint density at radius 2 is 1.91 bits per heavy atom. The van der Waals surface area contributed by atoms with Crippen LogP contribution in [0.2, 0.25) is 0 Å². The Balaban J connectivity index is 2.96. The van der Waals surface area contributed by atoms with Gasteiger partial charge < -0.3 is 14.6 Å². The number of hydrogen-bond donors (Lipinski definition) is 2. The lowest BCUT2D eigenvalue weighted by Crippen LogP contribution is -1.97. The smallest absolute Gasteiger partial charge is 0.137 e. The molecule has 1 aromatic rings. The molecule has 11 heavy (non-hydrogen) atoms. The topological polar surface area (TPSA) is 53.6 Å². The summed E-state index contributed by atoms with van der Waals surface area (Å²) in [7, 11) is 0. The molecule has 0 aliphatic heterocycles. The predicted molar refractivity (Wildman–Crippen MR) is 40.0 cm³/mol. The Morgan fingerprint density at radius 3 is 2.27 bits per heavy atom. The van der Waals surface area contributed by atoms with Crippen LogP contribution in [0.15, 0.2) is 16.7 Å². The van der Waals surface area contributed by atoms with Crippen LogP contribution in [0.4, 0.5) is 0 Å². The first-order valence-corrected chi connectivity index (χ1v) is 3.56. The Kier molecular flexibility index (Phi) is 2.31. The minimum atomic E-state index is -0.658. The average molecular weight is 156 g/mol. The summed E-state index contributed by atoms with van der Waals surface area (Å²) >= 11 is 0. The minimum Gasteiger partial charge on any atom is -0.466 e. The average Bonchev–Trinajstić information content (AvgIpc) is 2.32. The third-order valence-corrected chi connectivity index (χ3v) is 1.56. The standard InChI is InChI=1S/C8H12O3/c1-5(9)7-3-4-11-8(7)6(2)10/h3-6,9-10H,1-2H3. The molecule has 2 N–H and O–H groups in total. The molecule has 3 heteroatoms. The van der Waals surface area contributed by atoms with Crippen LogP contribution < -0.4 is 0 Å². The Bertz CT molecular complexity index is 202. The van der Waals surface area contributed by atoms with Gasteiger partial charge in [-0.2, -0.15) is 0 Å². The Hall–Kier alpha value is -0.800. The summed E-state index contributed by atoms with van der Waals surface area (Å²) in [5, 5.41) is 18.3. The van der Waals surface area contributed by atoms with Gasteiger partial charge in [-0.25, -0.2) is 0 Å². The van der Waals surface area contributed by atoms with Gasteiger partial charge in [0.15, 0.2) is 0 Å². The van der Waals surface area contributed by atoms with E-state index in [-0.39, 0.29) is 0 Å². The van der Waals surface area contributed by atoms with E-state index in [1.807, 2.05) is 0 Å². The van der Waals surface area contributed by atoms with Crippen LogP contribution in [0.3, 0.4) is 0 Å². The number of hydrogen-bond acceptors (Lipinski definition) is 3. The fourth-order valence-electron chi connectivity index (χ4n) is 1.02. The lowest BCUT2D eigenvalue weighted by atomic mass is 10.1. The Labute approximate surface area is 65.3 Å². The first-order valence-electron chi connectivity index (χ1n) is 3.56. The zero-order valence-electron chi connectivity index (χ0n) is 6.61. The van der Waals surface area contributed by atoms with Crippen LogP contribution in [0, 0.1) is 0 Å². The molecule has 3 nitrogen and oxygen atoms in total. The summed E-state index contributed by atoms with van der Waals surface area (Å²) in [4.78, 5) is 0. The number of rotatable bonds is 2. The molecule has 62 valence electrons. The van der Waals surface area contributed by atoms with Gasteiger partial charge in [-0.3, -0.25) is 0 Å². The van der Waals surface area contributed by atoms with Gasteiger partial charge >= 0.3 is 0 Å². The van der Waals surface area contributed by atoms with E-state index in [1.54, 1.807) is 19.9 Å². The molecule has 0 amide bonds. The van der Waals surface area contributed by atoms with E-state index in [9.17, 15) is 5.11 Å². The second kappa shape index (κ2) is 3.07. The van der Waals surface area contributed by atoms with E-state index < -0.39 is 12.2 Å². The summed E-state index contributed by atoms with van der Waals surface area (Å²) in [5.41, 5.74) is 0.653. The maximum atomic E-state index is 9.17. The van der Waals surface area contributed by atoms with E-state index in [2.05, 4.69) is 0 Å². The predicted octanol–water partition coefficient (Wildman–Crippen LogP) is 1.39. The fourth-order valence-corrected chi connectivity index (χ4v) is 1.02. The summed E-state index contributed by atoms with van der Waals surface area (Å²) in [6.07, 6.45) is 0.220.